The first kappa shape index (κ1) is 15.3. The molecule has 0 spiro atoms. The lowest BCUT2D eigenvalue weighted by molar-refractivity contribution is -0.143. The highest BCUT2D eigenvalue weighted by Gasteiger charge is 2.34. The van der Waals surface area contributed by atoms with Gasteiger partial charge in [0.1, 0.15) is 6.04 Å². The second kappa shape index (κ2) is 6.66. The minimum Gasteiger partial charge on any atom is -0.459 e. The highest BCUT2D eigenvalue weighted by molar-refractivity contribution is 5.95. The molecule has 2 amide bonds. The smallest absolute Gasteiger partial charge is 0.287 e. The second-order valence-corrected chi connectivity index (χ2v) is 5.59. The number of likely N-dealkylation sites (tertiary alicyclic amines) is 1. The van der Waals surface area contributed by atoms with Crippen LogP contribution in [0.4, 0.5) is 0 Å². The number of aliphatic hydroxyl groups excluding tert-OH is 1. The first-order chi connectivity index (χ1) is 11.1. The lowest BCUT2D eigenvalue weighted by Gasteiger charge is -2.38. The molecule has 1 aromatic heterocycles. The molecule has 0 bridgehead atoms. The zero-order valence-corrected chi connectivity index (χ0v) is 12.5. The van der Waals surface area contributed by atoms with Crippen molar-refractivity contribution in [2.24, 2.45) is 0 Å². The summed E-state index contributed by atoms with van der Waals surface area (Å²) < 4.78 is 5.07. The molecule has 2 heterocycles. The Hall–Kier alpha value is -2.60. The van der Waals surface area contributed by atoms with E-state index in [0.717, 1.165) is 5.56 Å². The Morgan fingerprint density at radius 3 is 2.57 bits per heavy atom. The van der Waals surface area contributed by atoms with Crippen LogP contribution in [0.2, 0.25) is 0 Å². The first-order valence-corrected chi connectivity index (χ1v) is 7.48. The molecule has 1 aromatic carbocycles. The van der Waals surface area contributed by atoms with Gasteiger partial charge in [-0.1, -0.05) is 30.3 Å². The number of nitrogens with one attached hydrogen (secondary N) is 1. The Labute approximate surface area is 133 Å². The molecule has 3 rings (SSSR count). The maximum Gasteiger partial charge on any atom is 0.287 e. The van der Waals surface area contributed by atoms with Crippen molar-refractivity contribution >= 4 is 11.8 Å². The molecule has 6 heteroatoms. The van der Waals surface area contributed by atoms with Crippen molar-refractivity contribution < 1.29 is 19.1 Å². The summed E-state index contributed by atoms with van der Waals surface area (Å²) in [6.45, 7) is 0.613. The van der Waals surface area contributed by atoms with Crippen molar-refractivity contribution in [2.75, 3.05) is 13.1 Å². The SMILES string of the molecule is O=C(NC(Cc1ccccc1)C(=O)N1CC(O)C1)c1ccco1. The Morgan fingerprint density at radius 2 is 1.96 bits per heavy atom. The van der Waals surface area contributed by atoms with Crippen LogP contribution in [-0.2, 0) is 11.2 Å². The number of furan rings is 1. The zero-order chi connectivity index (χ0) is 16.2. The molecule has 2 N–H and O–H groups in total. The largest absolute Gasteiger partial charge is 0.459 e. The van der Waals surface area contributed by atoms with Crippen LogP contribution in [0.3, 0.4) is 0 Å². The quantitative estimate of drug-likeness (QED) is 0.856. The Kier molecular flexibility index (Phi) is 4.43. The molecule has 120 valence electrons. The maximum absolute atomic E-state index is 12.5. The average molecular weight is 314 g/mol. The summed E-state index contributed by atoms with van der Waals surface area (Å²) in [7, 11) is 0. The second-order valence-electron chi connectivity index (χ2n) is 5.59. The number of rotatable bonds is 5. The number of carbonyl (C=O) groups excluding carboxylic acids is 2. The van der Waals surface area contributed by atoms with E-state index in [9.17, 15) is 14.7 Å². The van der Waals surface area contributed by atoms with Crippen LogP contribution in [0.15, 0.2) is 53.1 Å². The Balaban J connectivity index is 1.72. The van der Waals surface area contributed by atoms with Crippen LogP contribution < -0.4 is 5.32 Å². The predicted molar refractivity (Wildman–Crippen MR) is 82.7 cm³/mol. The highest BCUT2D eigenvalue weighted by atomic mass is 16.3. The third-order valence-corrected chi connectivity index (χ3v) is 3.80. The van der Waals surface area contributed by atoms with E-state index in [0.29, 0.717) is 19.5 Å². The van der Waals surface area contributed by atoms with E-state index in [1.54, 1.807) is 17.0 Å². The van der Waals surface area contributed by atoms with Crippen molar-refractivity contribution in [1.82, 2.24) is 10.2 Å². The fourth-order valence-corrected chi connectivity index (χ4v) is 2.54. The van der Waals surface area contributed by atoms with E-state index < -0.39 is 18.1 Å². The van der Waals surface area contributed by atoms with Gasteiger partial charge in [0.15, 0.2) is 5.76 Å². The monoisotopic (exact) mass is 314 g/mol. The molecule has 2 aromatic rings. The van der Waals surface area contributed by atoms with Crippen molar-refractivity contribution in [3.63, 3.8) is 0 Å². The molecule has 0 radical (unpaired) electrons. The average Bonchev–Trinajstić information content (AvgIpc) is 3.06. The van der Waals surface area contributed by atoms with Gasteiger partial charge in [-0.15, -0.1) is 0 Å². The van der Waals surface area contributed by atoms with Gasteiger partial charge in [0.05, 0.1) is 12.4 Å². The minimum absolute atomic E-state index is 0.166. The third kappa shape index (κ3) is 3.60. The van der Waals surface area contributed by atoms with Gasteiger partial charge in [-0.2, -0.15) is 0 Å². The summed E-state index contributed by atoms with van der Waals surface area (Å²) in [5.74, 6) is -0.455. The maximum atomic E-state index is 12.5. The van der Waals surface area contributed by atoms with Crippen LogP contribution in [0, 0.1) is 0 Å². The number of carbonyl (C=O) groups is 2. The van der Waals surface area contributed by atoms with E-state index in [2.05, 4.69) is 5.32 Å². The normalized spacial score (nSPS) is 15.8. The number of β-amino-alcohol motifs (C(OH)–C–C–N with tert-alkyl or cyclic N) is 1. The Bertz CT molecular complexity index is 663. The van der Waals surface area contributed by atoms with Crippen molar-refractivity contribution in [2.45, 2.75) is 18.6 Å². The van der Waals surface area contributed by atoms with Gasteiger partial charge in [-0.25, -0.2) is 0 Å². The number of amides is 2. The summed E-state index contributed by atoms with van der Waals surface area (Å²) in [5, 5.41) is 12.1. The van der Waals surface area contributed by atoms with E-state index in [4.69, 9.17) is 4.42 Å². The standard InChI is InChI=1S/C17H18N2O4/c20-13-10-19(11-13)17(22)14(9-12-5-2-1-3-6-12)18-16(21)15-7-4-8-23-15/h1-8,13-14,20H,9-11H2,(H,18,21). The molecule has 1 aliphatic heterocycles. The van der Waals surface area contributed by atoms with Crippen LogP contribution >= 0.6 is 0 Å². The van der Waals surface area contributed by atoms with Crippen LogP contribution in [0.1, 0.15) is 16.1 Å². The first-order valence-electron chi connectivity index (χ1n) is 7.48. The highest BCUT2D eigenvalue weighted by Crippen LogP contribution is 2.13. The predicted octanol–water partition coefficient (Wildman–Crippen LogP) is 0.824. The van der Waals surface area contributed by atoms with Crippen molar-refractivity contribution in [3.05, 3.63) is 60.1 Å². The molecule has 1 unspecified atom stereocenters. The lowest BCUT2D eigenvalue weighted by Crippen LogP contribution is -2.59. The van der Waals surface area contributed by atoms with Crippen LogP contribution in [0.25, 0.3) is 0 Å². The minimum atomic E-state index is -0.692. The number of hydrogen-bond donors (Lipinski definition) is 2. The third-order valence-electron chi connectivity index (χ3n) is 3.80. The fourth-order valence-electron chi connectivity index (χ4n) is 2.54. The number of hydrogen-bond acceptors (Lipinski definition) is 4. The van der Waals surface area contributed by atoms with Gasteiger partial charge >= 0.3 is 0 Å². The summed E-state index contributed by atoms with van der Waals surface area (Å²) in [4.78, 5) is 26.3. The molecular weight excluding hydrogens is 296 g/mol. The van der Waals surface area contributed by atoms with Gasteiger partial charge in [0.25, 0.3) is 5.91 Å². The van der Waals surface area contributed by atoms with Crippen LogP contribution in [0.5, 0.6) is 0 Å². The van der Waals surface area contributed by atoms with Gasteiger partial charge in [0, 0.05) is 19.5 Å². The molecule has 1 fully saturated rings. The molecule has 1 saturated heterocycles. The van der Waals surface area contributed by atoms with Crippen LogP contribution in [-0.4, -0.2) is 47.1 Å². The lowest BCUT2D eigenvalue weighted by atomic mass is 10.0. The van der Waals surface area contributed by atoms with E-state index in [1.165, 1.54) is 6.26 Å². The van der Waals surface area contributed by atoms with Crippen molar-refractivity contribution in [3.8, 4) is 0 Å². The number of nitrogens with zero attached hydrogens (tertiary/aromatic N) is 1. The number of benzene rings is 1. The van der Waals surface area contributed by atoms with Gasteiger partial charge in [-0.05, 0) is 17.7 Å². The van der Waals surface area contributed by atoms with Gasteiger partial charge in [-0.3, -0.25) is 9.59 Å². The molecule has 1 atom stereocenters. The summed E-state index contributed by atoms with van der Waals surface area (Å²) in [5.41, 5.74) is 0.951. The number of aliphatic hydroxyl groups is 1. The van der Waals surface area contributed by atoms with Gasteiger partial charge in [0.2, 0.25) is 5.91 Å². The summed E-state index contributed by atoms with van der Waals surface area (Å²) >= 11 is 0. The zero-order valence-electron chi connectivity index (χ0n) is 12.5. The fraction of sp³-hybridized carbons (Fsp3) is 0.294. The molecule has 0 saturated carbocycles. The van der Waals surface area contributed by atoms with Crippen molar-refractivity contribution in [1.29, 1.82) is 0 Å². The molecular formula is C17H18N2O4. The molecule has 0 aliphatic carbocycles. The van der Waals surface area contributed by atoms with E-state index in [-0.39, 0.29) is 11.7 Å². The topological polar surface area (TPSA) is 82.8 Å². The van der Waals surface area contributed by atoms with E-state index >= 15 is 0 Å². The van der Waals surface area contributed by atoms with E-state index in [1.807, 2.05) is 30.3 Å². The molecule has 23 heavy (non-hydrogen) atoms. The Morgan fingerprint density at radius 1 is 1.22 bits per heavy atom. The molecule has 1 aliphatic rings. The summed E-state index contributed by atoms with van der Waals surface area (Å²) in [6.07, 6.45) is 1.32. The van der Waals surface area contributed by atoms with Gasteiger partial charge < -0.3 is 19.7 Å². The molecule has 6 nitrogen and oxygen atoms in total. The summed E-state index contributed by atoms with van der Waals surface area (Å²) in [6, 6.07) is 12.0.